The second-order valence-electron chi connectivity index (χ2n) is 5.77. The van der Waals surface area contributed by atoms with Crippen molar-refractivity contribution in [2.24, 2.45) is 5.41 Å². The van der Waals surface area contributed by atoms with E-state index in [0.717, 1.165) is 19.4 Å². The van der Waals surface area contributed by atoms with Crippen LogP contribution in [0.15, 0.2) is 0 Å². The van der Waals surface area contributed by atoms with Crippen LogP contribution in [0.1, 0.15) is 40.0 Å². The zero-order valence-corrected chi connectivity index (χ0v) is 11.4. The van der Waals surface area contributed by atoms with Crippen LogP contribution in [0.4, 0.5) is 0 Å². The minimum absolute atomic E-state index is 0.0698. The van der Waals surface area contributed by atoms with Crippen molar-refractivity contribution in [2.75, 3.05) is 18.8 Å². The van der Waals surface area contributed by atoms with Gasteiger partial charge in [0, 0.05) is 12.6 Å². The summed E-state index contributed by atoms with van der Waals surface area (Å²) in [4.78, 5) is 0. The van der Waals surface area contributed by atoms with E-state index in [-0.39, 0.29) is 11.2 Å². The Bertz CT molecular complexity index is 300. The molecule has 0 amide bonds. The Kier molecular flexibility index (Phi) is 4.76. The quantitative estimate of drug-likeness (QED) is 0.766. The molecule has 1 heterocycles. The summed E-state index contributed by atoms with van der Waals surface area (Å²) >= 11 is 0. The first kappa shape index (κ1) is 13.9. The molecule has 0 bridgehead atoms. The first-order valence-corrected chi connectivity index (χ1v) is 7.64. The standard InChI is InChI=1S/C11H24N2O2S/c1-11(2,3)6-8-16(14,15)13-9-10-5-4-7-12-10/h10,12-13H,4-9H2,1-3H3. The molecule has 1 aliphatic rings. The van der Waals surface area contributed by atoms with Gasteiger partial charge in [-0.15, -0.1) is 0 Å². The lowest BCUT2D eigenvalue weighted by Gasteiger charge is -2.18. The molecule has 4 nitrogen and oxygen atoms in total. The summed E-state index contributed by atoms with van der Waals surface area (Å²) in [5.41, 5.74) is 0.0698. The van der Waals surface area contributed by atoms with Crippen LogP contribution < -0.4 is 10.0 Å². The minimum Gasteiger partial charge on any atom is -0.313 e. The summed E-state index contributed by atoms with van der Waals surface area (Å²) in [6.45, 7) is 7.71. The van der Waals surface area contributed by atoms with Crippen molar-refractivity contribution in [1.29, 1.82) is 0 Å². The topological polar surface area (TPSA) is 58.2 Å². The largest absolute Gasteiger partial charge is 0.313 e. The highest BCUT2D eigenvalue weighted by Gasteiger charge is 2.20. The molecule has 96 valence electrons. The van der Waals surface area contributed by atoms with Crippen LogP contribution in [-0.2, 0) is 10.0 Å². The summed E-state index contributed by atoms with van der Waals surface area (Å²) in [6, 6.07) is 0.324. The Hall–Kier alpha value is -0.130. The lowest BCUT2D eigenvalue weighted by Crippen LogP contribution is -2.38. The predicted molar refractivity (Wildman–Crippen MR) is 66.9 cm³/mol. The van der Waals surface area contributed by atoms with Gasteiger partial charge in [0.1, 0.15) is 0 Å². The monoisotopic (exact) mass is 248 g/mol. The van der Waals surface area contributed by atoms with E-state index >= 15 is 0 Å². The molecule has 0 saturated carbocycles. The Morgan fingerprint density at radius 2 is 2.06 bits per heavy atom. The van der Waals surface area contributed by atoms with Crippen LogP contribution in [0.2, 0.25) is 0 Å². The molecule has 1 saturated heterocycles. The molecule has 1 rings (SSSR count). The second kappa shape index (κ2) is 5.47. The fourth-order valence-electron chi connectivity index (χ4n) is 1.67. The maximum Gasteiger partial charge on any atom is 0.211 e. The summed E-state index contributed by atoms with van der Waals surface area (Å²) in [6.07, 6.45) is 2.91. The van der Waals surface area contributed by atoms with Crippen molar-refractivity contribution in [3.05, 3.63) is 0 Å². The normalized spacial score (nSPS) is 22.6. The predicted octanol–water partition coefficient (Wildman–Crippen LogP) is 1.09. The van der Waals surface area contributed by atoms with E-state index in [2.05, 4.69) is 30.8 Å². The van der Waals surface area contributed by atoms with Crippen LogP contribution in [0.25, 0.3) is 0 Å². The zero-order chi connectivity index (χ0) is 12.2. The molecular formula is C11H24N2O2S. The highest BCUT2D eigenvalue weighted by Crippen LogP contribution is 2.18. The van der Waals surface area contributed by atoms with Gasteiger partial charge in [-0.05, 0) is 31.2 Å². The molecule has 0 spiro atoms. The molecule has 0 aromatic carbocycles. The summed E-state index contributed by atoms with van der Waals surface area (Å²) in [5.74, 6) is 0.225. The van der Waals surface area contributed by atoms with Crippen LogP contribution >= 0.6 is 0 Å². The molecule has 16 heavy (non-hydrogen) atoms. The Morgan fingerprint density at radius 3 is 2.56 bits per heavy atom. The molecule has 0 radical (unpaired) electrons. The van der Waals surface area contributed by atoms with E-state index < -0.39 is 10.0 Å². The zero-order valence-electron chi connectivity index (χ0n) is 10.5. The SMILES string of the molecule is CC(C)(C)CCS(=O)(=O)NCC1CCCN1. The molecule has 1 aliphatic heterocycles. The molecular weight excluding hydrogens is 224 g/mol. The Labute approximate surface area is 99.2 Å². The van der Waals surface area contributed by atoms with Gasteiger partial charge in [-0.25, -0.2) is 13.1 Å². The van der Waals surface area contributed by atoms with E-state index in [1.807, 2.05) is 0 Å². The molecule has 1 atom stereocenters. The Balaban J connectivity index is 2.28. The fraction of sp³-hybridized carbons (Fsp3) is 1.00. The van der Waals surface area contributed by atoms with Gasteiger partial charge in [0.2, 0.25) is 10.0 Å². The van der Waals surface area contributed by atoms with Gasteiger partial charge in [0.15, 0.2) is 0 Å². The van der Waals surface area contributed by atoms with Crippen LogP contribution in [0, 0.1) is 5.41 Å². The third kappa shape index (κ3) is 5.82. The third-order valence-electron chi connectivity index (χ3n) is 2.83. The highest BCUT2D eigenvalue weighted by atomic mass is 32.2. The van der Waals surface area contributed by atoms with Gasteiger partial charge < -0.3 is 5.32 Å². The lowest BCUT2D eigenvalue weighted by atomic mass is 9.94. The summed E-state index contributed by atoms with van der Waals surface area (Å²) in [5, 5.41) is 3.27. The number of hydrogen-bond acceptors (Lipinski definition) is 3. The fourth-order valence-corrected chi connectivity index (χ4v) is 3.15. The average Bonchev–Trinajstić information content (AvgIpc) is 2.64. The van der Waals surface area contributed by atoms with Crippen molar-refractivity contribution in [1.82, 2.24) is 10.0 Å². The molecule has 0 aliphatic carbocycles. The van der Waals surface area contributed by atoms with Gasteiger partial charge in [-0.2, -0.15) is 0 Å². The van der Waals surface area contributed by atoms with Crippen LogP contribution in [0.3, 0.4) is 0 Å². The Morgan fingerprint density at radius 1 is 1.38 bits per heavy atom. The lowest BCUT2D eigenvalue weighted by molar-refractivity contribution is 0.396. The van der Waals surface area contributed by atoms with E-state index in [0.29, 0.717) is 19.0 Å². The van der Waals surface area contributed by atoms with Crippen molar-refractivity contribution in [2.45, 2.75) is 46.1 Å². The summed E-state index contributed by atoms with van der Waals surface area (Å²) in [7, 11) is -3.09. The van der Waals surface area contributed by atoms with Gasteiger partial charge in [-0.1, -0.05) is 20.8 Å². The highest BCUT2D eigenvalue weighted by molar-refractivity contribution is 7.89. The summed E-state index contributed by atoms with van der Waals surface area (Å²) < 4.78 is 26.1. The molecule has 0 aromatic heterocycles. The van der Waals surface area contributed by atoms with E-state index in [9.17, 15) is 8.42 Å². The third-order valence-corrected chi connectivity index (χ3v) is 4.18. The van der Waals surface area contributed by atoms with Gasteiger partial charge in [-0.3, -0.25) is 0 Å². The first-order valence-electron chi connectivity index (χ1n) is 5.99. The van der Waals surface area contributed by atoms with Crippen LogP contribution in [-0.4, -0.2) is 33.3 Å². The maximum atomic E-state index is 11.7. The van der Waals surface area contributed by atoms with Gasteiger partial charge >= 0.3 is 0 Å². The van der Waals surface area contributed by atoms with E-state index in [1.54, 1.807) is 0 Å². The molecule has 0 aromatic rings. The maximum absolute atomic E-state index is 11.7. The van der Waals surface area contributed by atoms with Gasteiger partial charge in [0.05, 0.1) is 5.75 Å². The van der Waals surface area contributed by atoms with Gasteiger partial charge in [0.25, 0.3) is 0 Å². The van der Waals surface area contributed by atoms with E-state index in [1.165, 1.54) is 0 Å². The number of nitrogens with one attached hydrogen (secondary N) is 2. The molecule has 5 heteroatoms. The first-order chi connectivity index (χ1) is 7.29. The van der Waals surface area contributed by atoms with Crippen molar-refractivity contribution in [3.8, 4) is 0 Å². The van der Waals surface area contributed by atoms with Crippen molar-refractivity contribution >= 4 is 10.0 Å². The number of sulfonamides is 1. The number of hydrogen-bond donors (Lipinski definition) is 2. The number of rotatable bonds is 5. The van der Waals surface area contributed by atoms with E-state index in [4.69, 9.17) is 0 Å². The molecule has 1 unspecified atom stereocenters. The van der Waals surface area contributed by atoms with Crippen LogP contribution in [0.5, 0.6) is 0 Å². The smallest absolute Gasteiger partial charge is 0.211 e. The average molecular weight is 248 g/mol. The molecule has 2 N–H and O–H groups in total. The molecule has 1 fully saturated rings. The van der Waals surface area contributed by atoms with Crippen molar-refractivity contribution < 1.29 is 8.42 Å². The van der Waals surface area contributed by atoms with Crippen molar-refractivity contribution in [3.63, 3.8) is 0 Å². The minimum atomic E-state index is -3.09. The second-order valence-corrected chi connectivity index (χ2v) is 7.70.